The minimum Gasteiger partial charge on any atom is -0.481 e. The van der Waals surface area contributed by atoms with Crippen molar-refractivity contribution in [3.8, 4) is 0 Å². The highest BCUT2D eigenvalue weighted by molar-refractivity contribution is 7.51. The van der Waals surface area contributed by atoms with Crippen LogP contribution in [0, 0.1) is 0 Å². The van der Waals surface area contributed by atoms with E-state index in [1.165, 1.54) is 17.2 Å². The number of nitrogens with zero attached hydrogens (tertiary/aromatic N) is 4. The first-order chi connectivity index (χ1) is 11.8. The first-order valence-corrected chi connectivity index (χ1v) is 9.43. The number of aliphatic carboxylic acids is 1. The number of rotatable bonds is 10. The van der Waals surface area contributed by atoms with Crippen molar-refractivity contribution in [2.45, 2.75) is 19.4 Å². The van der Waals surface area contributed by atoms with Gasteiger partial charge in [-0.2, -0.15) is 0 Å². The molecule has 11 nitrogen and oxygen atoms in total. The fraction of sp³-hybridized carbons (Fsp3) is 0.538. The normalized spacial score (nSPS) is 12.1. The van der Waals surface area contributed by atoms with E-state index in [4.69, 9.17) is 14.9 Å². The Morgan fingerprint density at radius 3 is 2.72 bits per heavy atom. The van der Waals surface area contributed by atoms with Gasteiger partial charge in [0.2, 0.25) is 0 Å². The van der Waals surface area contributed by atoms with Gasteiger partial charge in [0.05, 0.1) is 12.5 Å². The smallest absolute Gasteiger partial charge is 0.326 e. The predicted octanol–water partition coefficient (Wildman–Crippen LogP) is -0.536. The number of carboxylic acid groups (broad SMARTS) is 1. The highest BCUT2D eigenvalue weighted by Crippen LogP contribution is 2.33. The summed E-state index contributed by atoms with van der Waals surface area (Å²) >= 11 is 0. The van der Waals surface area contributed by atoms with Gasteiger partial charge in [0.1, 0.15) is 6.33 Å². The van der Waals surface area contributed by atoms with Crippen LogP contribution in [0.1, 0.15) is 12.8 Å². The van der Waals surface area contributed by atoms with Crippen LogP contribution in [0.3, 0.4) is 0 Å². The van der Waals surface area contributed by atoms with Crippen LogP contribution < -0.4 is 5.56 Å². The molecule has 25 heavy (non-hydrogen) atoms. The Morgan fingerprint density at radius 1 is 1.28 bits per heavy atom. The molecule has 2 rings (SSSR count). The third-order valence-corrected chi connectivity index (χ3v) is 4.43. The van der Waals surface area contributed by atoms with E-state index in [-0.39, 0.29) is 36.7 Å². The zero-order valence-corrected chi connectivity index (χ0v) is 14.3. The molecule has 0 saturated carbocycles. The number of fused-ring (bicyclic) bond motifs is 1. The Morgan fingerprint density at radius 2 is 2.04 bits per heavy atom. The molecule has 2 aromatic heterocycles. The van der Waals surface area contributed by atoms with Crippen LogP contribution >= 0.6 is 7.60 Å². The molecule has 0 radical (unpaired) electrons. The maximum atomic E-state index is 12.3. The summed E-state index contributed by atoms with van der Waals surface area (Å²) < 4.78 is 12.4. The van der Waals surface area contributed by atoms with Crippen molar-refractivity contribution >= 4 is 24.7 Å². The predicted molar refractivity (Wildman–Crippen MR) is 88.4 cm³/mol. The number of aromatic nitrogens is 4. The lowest BCUT2D eigenvalue weighted by atomic mass is 10.3. The van der Waals surface area contributed by atoms with Crippen LogP contribution in [0.15, 0.2) is 17.4 Å². The Hall–Kier alpha value is -2.07. The number of hydrogen-bond acceptors (Lipinski definition) is 6. The molecule has 0 spiro atoms. The van der Waals surface area contributed by atoms with E-state index in [0.29, 0.717) is 25.2 Å². The summed E-state index contributed by atoms with van der Waals surface area (Å²) in [7, 11) is -4.15. The summed E-state index contributed by atoms with van der Waals surface area (Å²) in [5.41, 5.74) is 0.319. The minimum atomic E-state index is -4.15. The van der Waals surface area contributed by atoms with Gasteiger partial charge >= 0.3 is 13.6 Å². The standard InChI is InChI=1S/C13H20N5O6P/c19-10(20)2-1-3-17(6-7-25(22,23)24)4-5-18-9-16-12-11(13(18)21)14-8-15-12/h8-9H,1-7H2,(H,14,15)(H,19,20)(H2,22,23,24). The SMILES string of the molecule is O=C(O)CCCN(CCn1cnc2nc[nH]c2c1=O)CCP(=O)(O)O. The first-order valence-electron chi connectivity index (χ1n) is 7.63. The molecule has 12 heteroatoms. The van der Waals surface area contributed by atoms with E-state index in [9.17, 15) is 14.2 Å². The molecule has 0 saturated heterocycles. The molecule has 0 aliphatic heterocycles. The summed E-state index contributed by atoms with van der Waals surface area (Å²) in [5.74, 6) is -0.931. The van der Waals surface area contributed by atoms with Crippen molar-refractivity contribution in [2.75, 3.05) is 25.8 Å². The summed E-state index contributed by atoms with van der Waals surface area (Å²) in [6.07, 6.45) is 2.73. The van der Waals surface area contributed by atoms with Gasteiger partial charge in [-0.25, -0.2) is 9.97 Å². The van der Waals surface area contributed by atoms with Crippen LogP contribution in [0.25, 0.3) is 11.2 Å². The topological polar surface area (TPSA) is 162 Å². The van der Waals surface area contributed by atoms with Crippen LogP contribution in [0.2, 0.25) is 0 Å². The van der Waals surface area contributed by atoms with E-state index in [0.717, 1.165) is 0 Å². The van der Waals surface area contributed by atoms with Crippen molar-refractivity contribution in [1.82, 2.24) is 24.4 Å². The van der Waals surface area contributed by atoms with Gasteiger partial charge in [0, 0.05) is 26.1 Å². The van der Waals surface area contributed by atoms with Gasteiger partial charge < -0.3 is 24.8 Å². The first kappa shape index (κ1) is 19.3. The number of hydrogen-bond donors (Lipinski definition) is 4. The largest absolute Gasteiger partial charge is 0.481 e. The summed E-state index contributed by atoms with van der Waals surface area (Å²) in [6.45, 7) is 1.06. The molecule has 138 valence electrons. The quantitative estimate of drug-likeness (QED) is 0.401. The summed E-state index contributed by atoms with van der Waals surface area (Å²) in [6, 6.07) is 0. The van der Waals surface area contributed by atoms with Gasteiger partial charge in [-0.1, -0.05) is 0 Å². The molecular formula is C13H20N5O6P. The van der Waals surface area contributed by atoms with Crippen LogP contribution in [-0.2, 0) is 15.9 Å². The number of carboxylic acids is 1. The van der Waals surface area contributed by atoms with Crippen molar-refractivity contribution < 1.29 is 24.3 Å². The molecule has 0 aliphatic rings. The average Bonchev–Trinajstić information content (AvgIpc) is 2.99. The molecule has 0 bridgehead atoms. The average molecular weight is 373 g/mol. The van der Waals surface area contributed by atoms with Crippen molar-refractivity contribution in [3.63, 3.8) is 0 Å². The second-order valence-electron chi connectivity index (χ2n) is 5.57. The number of imidazole rings is 1. The Labute approximate surface area is 142 Å². The zero-order valence-electron chi connectivity index (χ0n) is 13.4. The van der Waals surface area contributed by atoms with Crippen molar-refractivity contribution in [3.05, 3.63) is 23.0 Å². The summed E-state index contributed by atoms with van der Waals surface area (Å²) in [5, 5.41) is 8.70. The minimum absolute atomic E-state index is 0.0337. The van der Waals surface area contributed by atoms with Gasteiger partial charge in [0.25, 0.3) is 5.56 Å². The van der Waals surface area contributed by atoms with Gasteiger partial charge in [-0.3, -0.25) is 18.7 Å². The fourth-order valence-electron chi connectivity index (χ4n) is 2.33. The van der Waals surface area contributed by atoms with Gasteiger partial charge in [-0.15, -0.1) is 0 Å². The van der Waals surface area contributed by atoms with Crippen LogP contribution in [0.5, 0.6) is 0 Å². The molecule has 0 aliphatic carbocycles. The van der Waals surface area contributed by atoms with Gasteiger partial charge in [-0.05, 0) is 13.0 Å². The molecular weight excluding hydrogens is 353 g/mol. The van der Waals surface area contributed by atoms with Crippen LogP contribution in [0.4, 0.5) is 0 Å². The molecule has 2 heterocycles. The second kappa shape index (κ2) is 8.34. The Bertz CT molecular complexity index is 828. The van der Waals surface area contributed by atoms with E-state index in [1.54, 1.807) is 4.90 Å². The van der Waals surface area contributed by atoms with Crippen molar-refractivity contribution in [2.24, 2.45) is 0 Å². The van der Waals surface area contributed by atoms with Gasteiger partial charge in [0.15, 0.2) is 11.2 Å². The maximum Gasteiger partial charge on any atom is 0.326 e. The molecule has 2 aromatic rings. The number of carbonyl (C=O) groups is 1. The molecule has 0 unspecified atom stereocenters. The molecule has 0 atom stereocenters. The fourth-order valence-corrected chi connectivity index (χ4v) is 2.88. The van der Waals surface area contributed by atoms with E-state index >= 15 is 0 Å². The van der Waals surface area contributed by atoms with E-state index < -0.39 is 13.6 Å². The number of nitrogens with one attached hydrogen (secondary N) is 1. The van der Waals surface area contributed by atoms with Crippen LogP contribution in [-0.4, -0.2) is 71.1 Å². The third kappa shape index (κ3) is 6.05. The molecule has 0 fully saturated rings. The lowest BCUT2D eigenvalue weighted by Gasteiger charge is -2.22. The summed E-state index contributed by atoms with van der Waals surface area (Å²) in [4.78, 5) is 53.3. The Balaban J connectivity index is 2.00. The second-order valence-corrected chi connectivity index (χ2v) is 7.35. The lowest BCUT2D eigenvalue weighted by molar-refractivity contribution is -0.137. The lowest BCUT2D eigenvalue weighted by Crippen LogP contribution is -2.34. The van der Waals surface area contributed by atoms with E-state index in [2.05, 4.69) is 15.0 Å². The molecule has 4 N–H and O–H groups in total. The Kier molecular flexibility index (Phi) is 6.43. The number of H-pyrrole nitrogens is 1. The zero-order chi connectivity index (χ0) is 18.4. The van der Waals surface area contributed by atoms with E-state index in [1.807, 2.05) is 0 Å². The number of aromatic amines is 1. The van der Waals surface area contributed by atoms with Crippen molar-refractivity contribution in [1.29, 1.82) is 0 Å². The molecule has 0 aromatic carbocycles. The monoisotopic (exact) mass is 373 g/mol. The highest BCUT2D eigenvalue weighted by Gasteiger charge is 2.16. The maximum absolute atomic E-state index is 12.3. The highest BCUT2D eigenvalue weighted by atomic mass is 31.2. The molecule has 0 amide bonds. The third-order valence-electron chi connectivity index (χ3n) is 3.64.